The first-order valence-electron chi connectivity index (χ1n) is 8.76. The Morgan fingerprint density at radius 3 is 2.96 bits per heavy atom. The first-order chi connectivity index (χ1) is 13.1. The summed E-state index contributed by atoms with van der Waals surface area (Å²) >= 11 is 6.16. The number of aromatic nitrogens is 3. The zero-order valence-corrected chi connectivity index (χ0v) is 15.8. The largest absolute Gasteiger partial charge is 0.466 e. The molecular weight excluding hydrogens is 372 g/mol. The fourth-order valence-corrected chi connectivity index (χ4v) is 3.12. The number of hydrogen-bond donors (Lipinski definition) is 0. The topological polar surface area (TPSA) is 86.5 Å². The lowest BCUT2D eigenvalue weighted by Crippen LogP contribution is -2.49. The fourth-order valence-electron chi connectivity index (χ4n) is 2.93. The van der Waals surface area contributed by atoms with E-state index in [0.717, 1.165) is 5.56 Å². The highest BCUT2D eigenvalue weighted by molar-refractivity contribution is 6.31. The Hall–Kier alpha value is -2.45. The third-order valence-electron chi connectivity index (χ3n) is 4.24. The number of esters is 1. The Kier molecular flexibility index (Phi) is 6.41. The van der Waals surface area contributed by atoms with E-state index in [0.29, 0.717) is 31.3 Å². The summed E-state index contributed by atoms with van der Waals surface area (Å²) in [7, 11) is 0. The van der Waals surface area contributed by atoms with Gasteiger partial charge in [-0.2, -0.15) is 0 Å². The van der Waals surface area contributed by atoms with Crippen molar-refractivity contribution in [2.24, 2.45) is 0 Å². The number of halogens is 1. The number of carbonyl (C=O) groups excluding carboxylic acids is 2. The third kappa shape index (κ3) is 4.84. The highest BCUT2D eigenvalue weighted by atomic mass is 35.5. The summed E-state index contributed by atoms with van der Waals surface area (Å²) in [6, 6.07) is 7.05. The maximum atomic E-state index is 12.9. The normalized spacial score (nSPS) is 17.0. The molecule has 0 bridgehead atoms. The minimum atomic E-state index is -0.376. The van der Waals surface area contributed by atoms with Gasteiger partial charge in [-0.1, -0.05) is 35.0 Å². The van der Waals surface area contributed by atoms with Crippen molar-refractivity contribution in [3.63, 3.8) is 0 Å². The summed E-state index contributed by atoms with van der Waals surface area (Å²) in [6.45, 7) is 3.55. The summed E-state index contributed by atoms with van der Waals surface area (Å²) in [5, 5.41) is 8.64. The molecule has 144 valence electrons. The molecule has 8 nitrogen and oxygen atoms in total. The van der Waals surface area contributed by atoms with Gasteiger partial charge in [-0.3, -0.25) is 9.59 Å². The predicted octanol–water partition coefficient (Wildman–Crippen LogP) is 1.77. The highest BCUT2D eigenvalue weighted by Gasteiger charge is 2.31. The Morgan fingerprint density at radius 1 is 1.37 bits per heavy atom. The predicted molar refractivity (Wildman–Crippen MR) is 97.5 cm³/mol. The number of rotatable bonds is 6. The molecule has 27 heavy (non-hydrogen) atoms. The molecule has 0 N–H and O–H groups in total. The van der Waals surface area contributed by atoms with E-state index in [1.54, 1.807) is 28.8 Å². The maximum Gasteiger partial charge on any atom is 0.307 e. The number of nitrogens with zero attached hydrogens (tertiary/aromatic N) is 4. The Bertz CT molecular complexity index is 810. The van der Waals surface area contributed by atoms with E-state index in [2.05, 4.69) is 10.3 Å². The Morgan fingerprint density at radius 2 is 2.19 bits per heavy atom. The number of ether oxygens (including phenoxy) is 2. The van der Waals surface area contributed by atoms with E-state index in [-0.39, 0.29) is 36.6 Å². The average molecular weight is 393 g/mol. The molecule has 0 spiro atoms. The van der Waals surface area contributed by atoms with Gasteiger partial charge in [0.15, 0.2) is 5.69 Å². The summed E-state index contributed by atoms with van der Waals surface area (Å²) < 4.78 is 12.0. The Labute approximate surface area is 162 Å². The van der Waals surface area contributed by atoms with Crippen LogP contribution in [0.2, 0.25) is 5.02 Å². The van der Waals surface area contributed by atoms with E-state index in [9.17, 15) is 9.59 Å². The highest BCUT2D eigenvalue weighted by Crippen LogP contribution is 2.17. The minimum absolute atomic E-state index is 0.0906. The molecule has 9 heteroatoms. The van der Waals surface area contributed by atoms with Gasteiger partial charge in [-0.25, -0.2) is 4.68 Å². The molecule has 0 aliphatic carbocycles. The fraction of sp³-hybridized carbons (Fsp3) is 0.444. The number of benzene rings is 1. The SMILES string of the molecule is CCOC(=O)CC1COCCN1C(=O)c1cn(Cc2ccccc2Cl)nn1. The van der Waals surface area contributed by atoms with Crippen LogP contribution in [0.3, 0.4) is 0 Å². The van der Waals surface area contributed by atoms with Crippen molar-refractivity contribution < 1.29 is 19.1 Å². The lowest BCUT2D eigenvalue weighted by Gasteiger charge is -2.34. The van der Waals surface area contributed by atoms with Gasteiger partial charge >= 0.3 is 5.97 Å². The van der Waals surface area contributed by atoms with Gasteiger partial charge in [-0.05, 0) is 18.6 Å². The van der Waals surface area contributed by atoms with Crippen molar-refractivity contribution in [1.29, 1.82) is 0 Å². The number of amides is 1. The van der Waals surface area contributed by atoms with Crippen molar-refractivity contribution >= 4 is 23.5 Å². The van der Waals surface area contributed by atoms with Gasteiger partial charge in [0.25, 0.3) is 5.91 Å². The van der Waals surface area contributed by atoms with Crippen LogP contribution in [0, 0.1) is 0 Å². The Balaban J connectivity index is 1.70. The number of hydrogen-bond acceptors (Lipinski definition) is 6. The average Bonchev–Trinajstić information content (AvgIpc) is 3.12. The minimum Gasteiger partial charge on any atom is -0.466 e. The van der Waals surface area contributed by atoms with Crippen LogP contribution in [-0.2, 0) is 20.8 Å². The van der Waals surface area contributed by atoms with E-state index >= 15 is 0 Å². The number of carbonyl (C=O) groups is 2. The molecule has 1 aliphatic rings. The second-order valence-electron chi connectivity index (χ2n) is 6.13. The molecule has 1 unspecified atom stereocenters. The van der Waals surface area contributed by atoms with Gasteiger partial charge in [0.2, 0.25) is 0 Å². The van der Waals surface area contributed by atoms with Gasteiger partial charge < -0.3 is 14.4 Å². The van der Waals surface area contributed by atoms with Gasteiger partial charge in [0.05, 0.1) is 45.0 Å². The molecule has 1 fully saturated rings. The summed E-state index contributed by atoms with van der Waals surface area (Å²) in [4.78, 5) is 26.3. The molecule has 1 aromatic carbocycles. The van der Waals surface area contributed by atoms with Crippen LogP contribution in [0.1, 0.15) is 29.4 Å². The van der Waals surface area contributed by atoms with Crippen LogP contribution in [0.15, 0.2) is 30.5 Å². The zero-order valence-electron chi connectivity index (χ0n) is 15.0. The summed E-state index contributed by atoms with van der Waals surface area (Å²) in [6.07, 6.45) is 1.68. The molecule has 0 radical (unpaired) electrons. The lowest BCUT2D eigenvalue weighted by atomic mass is 10.1. The van der Waals surface area contributed by atoms with Crippen LogP contribution in [0.25, 0.3) is 0 Å². The van der Waals surface area contributed by atoms with Gasteiger partial charge in [0.1, 0.15) is 0 Å². The van der Waals surface area contributed by atoms with E-state index in [1.807, 2.05) is 18.2 Å². The standard InChI is InChI=1S/C18H21ClN4O4/c1-2-27-17(24)9-14-12-26-8-7-23(14)18(25)16-11-22(21-20-16)10-13-5-3-4-6-15(13)19/h3-6,11,14H,2,7-10,12H2,1H3. The van der Waals surface area contributed by atoms with Crippen LogP contribution in [0.5, 0.6) is 0 Å². The van der Waals surface area contributed by atoms with Gasteiger partial charge in [-0.15, -0.1) is 5.10 Å². The van der Waals surface area contributed by atoms with Crippen molar-refractivity contribution in [1.82, 2.24) is 19.9 Å². The molecular formula is C18H21ClN4O4. The first kappa shape index (κ1) is 19.3. The molecule has 1 atom stereocenters. The van der Waals surface area contributed by atoms with E-state index < -0.39 is 0 Å². The molecule has 2 aromatic rings. The second kappa shape index (κ2) is 8.96. The zero-order chi connectivity index (χ0) is 19.2. The second-order valence-corrected chi connectivity index (χ2v) is 6.54. The maximum absolute atomic E-state index is 12.9. The summed E-state index contributed by atoms with van der Waals surface area (Å²) in [5.74, 6) is -0.633. The third-order valence-corrected chi connectivity index (χ3v) is 4.61. The van der Waals surface area contributed by atoms with Crippen LogP contribution < -0.4 is 0 Å². The smallest absolute Gasteiger partial charge is 0.307 e. The molecule has 1 aliphatic heterocycles. The van der Waals surface area contributed by atoms with Crippen molar-refractivity contribution in [2.45, 2.75) is 25.9 Å². The van der Waals surface area contributed by atoms with Crippen molar-refractivity contribution in [3.05, 3.63) is 46.7 Å². The quantitative estimate of drug-likeness (QED) is 0.696. The van der Waals surface area contributed by atoms with E-state index in [1.165, 1.54) is 0 Å². The molecule has 1 amide bonds. The molecule has 2 heterocycles. The molecule has 0 saturated carbocycles. The number of morpholine rings is 1. The van der Waals surface area contributed by atoms with Crippen molar-refractivity contribution in [2.75, 3.05) is 26.4 Å². The molecule has 3 rings (SSSR count). The summed E-state index contributed by atoms with van der Waals surface area (Å²) in [5.41, 5.74) is 1.10. The monoisotopic (exact) mass is 392 g/mol. The van der Waals surface area contributed by atoms with Crippen molar-refractivity contribution in [3.8, 4) is 0 Å². The lowest BCUT2D eigenvalue weighted by molar-refractivity contribution is -0.145. The van der Waals surface area contributed by atoms with Crippen LogP contribution >= 0.6 is 11.6 Å². The van der Waals surface area contributed by atoms with Gasteiger partial charge in [0, 0.05) is 11.6 Å². The van der Waals surface area contributed by atoms with Crippen LogP contribution in [-0.4, -0.2) is 64.2 Å². The van der Waals surface area contributed by atoms with Crippen LogP contribution in [0.4, 0.5) is 0 Å². The molecule has 1 aromatic heterocycles. The van der Waals surface area contributed by atoms with E-state index in [4.69, 9.17) is 21.1 Å². The molecule has 1 saturated heterocycles. The first-order valence-corrected chi connectivity index (χ1v) is 9.14.